The molecule has 1 unspecified atom stereocenters. The molecule has 9 heteroatoms. The zero-order chi connectivity index (χ0) is 17.3. The van der Waals surface area contributed by atoms with Crippen LogP contribution in [0.5, 0.6) is 0 Å². The summed E-state index contributed by atoms with van der Waals surface area (Å²) in [5.74, 6) is 0. The molecule has 3 nitrogen and oxygen atoms in total. The van der Waals surface area contributed by atoms with Gasteiger partial charge in [0.25, 0.3) is 0 Å². The first-order valence-corrected chi connectivity index (χ1v) is 9.44. The number of hydrogen-bond donors (Lipinski definition) is 0. The lowest BCUT2D eigenvalue weighted by atomic mass is 9.94. The molecule has 0 spiro atoms. The van der Waals surface area contributed by atoms with Crippen molar-refractivity contribution in [2.75, 3.05) is 0 Å². The fourth-order valence-corrected chi connectivity index (χ4v) is 4.33. The highest BCUT2D eigenvalue weighted by Crippen LogP contribution is 2.54. The quantitative estimate of drug-likeness (QED) is 0.614. The third-order valence-electron chi connectivity index (χ3n) is 2.67. The van der Waals surface area contributed by atoms with Crippen LogP contribution in [0.25, 0.3) is 10.1 Å². The van der Waals surface area contributed by atoms with Gasteiger partial charge in [0.1, 0.15) is 0 Å². The SMILES string of the molecule is CC(C)(C)c1cc2ccc(Cl)cc2[s+]1C(F)(F)F.[O-][Br+2]([O-])[O-]. The minimum absolute atomic E-state index is 0.292. The van der Waals surface area contributed by atoms with Gasteiger partial charge in [0.2, 0.25) is 14.8 Å². The maximum absolute atomic E-state index is 13.3. The van der Waals surface area contributed by atoms with E-state index in [4.69, 9.17) is 24.2 Å². The van der Waals surface area contributed by atoms with E-state index < -0.39 is 36.2 Å². The Morgan fingerprint density at radius 1 is 1.05 bits per heavy atom. The molecule has 0 fully saturated rings. The average molecular weight is 422 g/mol. The molecule has 22 heavy (non-hydrogen) atoms. The zero-order valence-electron chi connectivity index (χ0n) is 11.8. The van der Waals surface area contributed by atoms with Crippen molar-refractivity contribution in [3.05, 3.63) is 34.2 Å². The van der Waals surface area contributed by atoms with Gasteiger partial charge in [-0.05, 0) is 12.1 Å². The molecule has 0 saturated carbocycles. The van der Waals surface area contributed by atoms with E-state index in [2.05, 4.69) is 0 Å². The van der Waals surface area contributed by atoms with E-state index in [1.54, 1.807) is 39.0 Å². The largest absolute Gasteiger partial charge is 0.600 e. The van der Waals surface area contributed by atoms with Gasteiger partial charge >= 0.3 is 5.51 Å². The first-order chi connectivity index (χ1) is 9.84. The molecule has 1 atom stereocenters. The molecule has 1 aromatic heterocycles. The minimum atomic E-state index is -4.25. The smallest absolute Gasteiger partial charge is 0.405 e. The Bertz CT molecular complexity index is 647. The number of hydrogen-bond acceptors (Lipinski definition) is 3. The Kier molecular flexibility index (Phi) is 6.28. The second-order valence-corrected chi connectivity index (χ2v) is 8.57. The monoisotopic (exact) mass is 420 g/mol. The lowest BCUT2D eigenvalue weighted by molar-refractivity contribution is -1.73. The zero-order valence-corrected chi connectivity index (χ0v) is 15.0. The Morgan fingerprint density at radius 2 is 1.55 bits per heavy atom. The van der Waals surface area contributed by atoms with Crippen molar-refractivity contribution in [1.29, 1.82) is 0 Å². The van der Waals surface area contributed by atoms with Crippen LogP contribution in [0, 0.1) is 14.8 Å². The normalized spacial score (nSPS) is 13.3. The number of rotatable bonds is 0. The summed E-state index contributed by atoms with van der Waals surface area (Å²) in [6.45, 7) is 5.41. The molecule has 1 heterocycles. The Hall–Kier alpha value is -0.380. The summed E-state index contributed by atoms with van der Waals surface area (Å²) in [7, 11) is -1.86. The highest BCUT2D eigenvalue weighted by molar-refractivity contribution is 7.38. The van der Waals surface area contributed by atoms with Crippen molar-refractivity contribution >= 4 is 32.2 Å². The first kappa shape index (κ1) is 19.7. The predicted octanol–water partition coefficient (Wildman–Crippen LogP) is 2.45. The molecule has 0 saturated heterocycles. The molecular weight excluding hydrogens is 409 g/mol. The van der Waals surface area contributed by atoms with Gasteiger partial charge in [0, 0.05) is 28.0 Å². The van der Waals surface area contributed by atoms with Gasteiger partial charge in [-0.3, -0.25) is 0 Å². The van der Waals surface area contributed by atoms with Gasteiger partial charge in [0.15, 0.2) is 9.58 Å². The Balaban J connectivity index is 0.000000541. The van der Waals surface area contributed by atoms with Gasteiger partial charge in [-0.1, -0.05) is 32.4 Å². The summed E-state index contributed by atoms with van der Waals surface area (Å²) in [5.41, 5.74) is -4.76. The molecule has 0 aliphatic heterocycles. The van der Waals surface area contributed by atoms with Gasteiger partial charge in [0.05, 0.1) is 10.5 Å². The average Bonchev–Trinajstić information content (AvgIpc) is 2.65. The van der Waals surface area contributed by atoms with E-state index >= 15 is 0 Å². The standard InChI is InChI=1S/C13H13ClF3S.BrO3/c1-12(2,3)11-6-8-4-5-9(14)7-10(8)18(11)13(15,16)17;2-1(3)4/h4-7H,1-3H3;/q+1;-1. The molecule has 0 aliphatic rings. The second-order valence-electron chi connectivity index (χ2n) is 5.38. The summed E-state index contributed by atoms with van der Waals surface area (Å²) >= 11 is 2.17. The Morgan fingerprint density at radius 3 is 1.95 bits per heavy atom. The molecule has 0 bridgehead atoms. The van der Waals surface area contributed by atoms with E-state index in [9.17, 15) is 13.2 Å². The van der Waals surface area contributed by atoms with Crippen LogP contribution >= 0.6 is 22.1 Å². The van der Waals surface area contributed by atoms with Crippen LogP contribution < -0.4 is 12.6 Å². The van der Waals surface area contributed by atoms with E-state index in [0.717, 1.165) is 0 Å². The van der Waals surface area contributed by atoms with Crippen molar-refractivity contribution in [2.24, 2.45) is 0 Å². The molecule has 124 valence electrons. The first-order valence-electron chi connectivity index (χ1n) is 5.90. The highest BCUT2D eigenvalue weighted by atomic mass is 80.0. The van der Waals surface area contributed by atoms with Crippen LogP contribution in [-0.2, 0) is 10.9 Å². The lowest BCUT2D eigenvalue weighted by Crippen LogP contribution is -2.42. The summed E-state index contributed by atoms with van der Waals surface area (Å²) in [4.78, 5) is 0.423. The van der Waals surface area contributed by atoms with Gasteiger partial charge in [-0.25, -0.2) is 0 Å². The highest BCUT2D eigenvalue weighted by Gasteiger charge is 2.50. The number of thiophene rings is 1. The number of benzene rings is 1. The van der Waals surface area contributed by atoms with Crippen molar-refractivity contribution in [3.8, 4) is 0 Å². The van der Waals surface area contributed by atoms with Gasteiger partial charge in [-0.2, -0.15) is 0 Å². The van der Waals surface area contributed by atoms with Crippen LogP contribution in [0.15, 0.2) is 24.3 Å². The molecule has 2 rings (SSSR count). The van der Waals surface area contributed by atoms with E-state index in [0.29, 0.717) is 20.0 Å². The van der Waals surface area contributed by atoms with Crippen molar-refractivity contribution in [1.82, 2.24) is 0 Å². The Labute approximate surface area is 138 Å². The van der Waals surface area contributed by atoms with Gasteiger partial charge in [-0.15, -0.1) is 13.2 Å². The van der Waals surface area contributed by atoms with E-state index in [1.807, 2.05) is 0 Å². The van der Waals surface area contributed by atoms with Crippen LogP contribution in [0.2, 0.25) is 5.02 Å². The topological polar surface area (TPSA) is 69.2 Å². The summed E-state index contributed by atoms with van der Waals surface area (Å²) in [6, 6.07) is 6.37. The van der Waals surface area contributed by atoms with Crippen molar-refractivity contribution in [3.63, 3.8) is 0 Å². The van der Waals surface area contributed by atoms with Gasteiger partial charge < -0.3 is 12.6 Å². The molecule has 0 amide bonds. The fraction of sp³-hybridized carbons (Fsp3) is 0.385. The summed E-state index contributed by atoms with van der Waals surface area (Å²) < 4.78 is 65.7. The number of fused-ring (bicyclic) bond motifs is 1. The van der Waals surface area contributed by atoms with Crippen molar-refractivity contribution < 1.29 is 40.6 Å². The molecule has 0 aliphatic carbocycles. The summed E-state index contributed by atoms with van der Waals surface area (Å²) in [6.07, 6.45) is 0. The third-order valence-corrected chi connectivity index (χ3v) is 5.33. The summed E-state index contributed by atoms with van der Waals surface area (Å²) in [5, 5.41) is 0.976. The maximum atomic E-state index is 13.3. The van der Waals surface area contributed by atoms with Crippen LogP contribution in [0.1, 0.15) is 25.6 Å². The van der Waals surface area contributed by atoms with Crippen LogP contribution in [0.3, 0.4) is 0 Å². The maximum Gasteiger partial charge on any atom is 0.600 e. The minimum Gasteiger partial charge on any atom is -0.405 e. The lowest BCUT2D eigenvalue weighted by Gasteiger charge is -2.13. The molecule has 2 aromatic rings. The third kappa shape index (κ3) is 5.07. The molecule has 0 radical (unpaired) electrons. The molecular formula is C13H13BrClF3O3S. The predicted molar refractivity (Wildman–Crippen MR) is 71.4 cm³/mol. The van der Waals surface area contributed by atoms with Crippen molar-refractivity contribution in [2.45, 2.75) is 31.7 Å². The van der Waals surface area contributed by atoms with E-state index in [-0.39, 0.29) is 0 Å². The number of alkyl halides is 3. The molecule has 1 aromatic carbocycles. The fourth-order valence-electron chi connectivity index (χ4n) is 1.89. The number of halogens is 5. The van der Waals surface area contributed by atoms with E-state index in [1.165, 1.54) is 6.07 Å². The van der Waals surface area contributed by atoms with Crippen LogP contribution in [0.4, 0.5) is 13.2 Å². The molecule has 0 N–H and O–H groups in total. The second kappa shape index (κ2) is 7.02. The van der Waals surface area contributed by atoms with Crippen LogP contribution in [-0.4, -0.2) is 0 Å².